The van der Waals surface area contributed by atoms with Crippen LogP contribution in [0.2, 0.25) is 0 Å². The number of pyridine rings is 1. The Kier molecular flexibility index (Phi) is 6.72. The molecule has 32 heavy (non-hydrogen) atoms. The number of halogens is 1. The molecular weight excluding hydrogens is 409 g/mol. The van der Waals surface area contributed by atoms with Gasteiger partial charge < -0.3 is 14.4 Å². The molecule has 2 amide bonds. The van der Waals surface area contributed by atoms with E-state index in [1.165, 1.54) is 16.7 Å². The fourth-order valence-electron chi connectivity index (χ4n) is 5.05. The minimum atomic E-state index is -0.334. The number of nitrogens with zero attached hydrogens (tertiary/aromatic N) is 3. The van der Waals surface area contributed by atoms with Gasteiger partial charge in [-0.25, -0.2) is 4.39 Å². The van der Waals surface area contributed by atoms with Gasteiger partial charge in [-0.1, -0.05) is 18.2 Å². The van der Waals surface area contributed by atoms with Crippen LogP contribution in [0.1, 0.15) is 48.0 Å². The molecule has 0 saturated carbocycles. The summed E-state index contributed by atoms with van der Waals surface area (Å²) in [6.07, 6.45) is 6.38. The first-order valence-corrected chi connectivity index (χ1v) is 11.4. The van der Waals surface area contributed by atoms with E-state index in [9.17, 15) is 18.8 Å². The molecule has 2 fully saturated rings. The van der Waals surface area contributed by atoms with Crippen LogP contribution < -0.4 is 5.56 Å². The van der Waals surface area contributed by atoms with Crippen LogP contribution in [0.3, 0.4) is 0 Å². The lowest BCUT2D eigenvalue weighted by Gasteiger charge is -2.44. The molecule has 4 rings (SSSR count). The van der Waals surface area contributed by atoms with Crippen molar-refractivity contribution >= 4 is 11.8 Å². The van der Waals surface area contributed by atoms with Crippen molar-refractivity contribution in [2.24, 2.45) is 13.0 Å². The maximum absolute atomic E-state index is 14.0. The number of rotatable bonds is 4. The maximum atomic E-state index is 14.0. The highest BCUT2D eigenvalue weighted by molar-refractivity contribution is 5.94. The Morgan fingerprint density at radius 2 is 1.75 bits per heavy atom. The van der Waals surface area contributed by atoms with E-state index in [1.54, 1.807) is 37.5 Å². The third kappa shape index (κ3) is 4.76. The quantitative estimate of drug-likeness (QED) is 0.736. The summed E-state index contributed by atoms with van der Waals surface area (Å²) in [5.74, 6) is -0.0672. The van der Waals surface area contributed by atoms with Gasteiger partial charge in [-0.15, -0.1) is 0 Å². The normalized spacial score (nSPS) is 19.8. The highest BCUT2D eigenvalue weighted by atomic mass is 19.1. The number of benzene rings is 1. The molecule has 0 spiro atoms. The first-order chi connectivity index (χ1) is 15.4. The molecule has 1 atom stereocenters. The van der Waals surface area contributed by atoms with Crippen LogP contribution in [0.15, 0.2) is 47.4 Å². The van der Waals surface area contributed by atoms with Gasteiger partial charge in [-0.3, -0.25) is 14.4 Å². The second-order valence-corrected chi connectivity index (χ2v) is 8.91. The summed E-state index contributed by atoms with van der Waals surface area (Å²) in [4.78, 5) is 41.3. The van der Waals surface area contributed by atoms with E-state index in [-0.39, 0.29) is 35.7 Å². The Morgan fingerprint density at radius 1 is 1.00 bits per heavy atom. The molecule has 0 aliphatic carbocycles. The lowest BCUT2D eigenvalue weighted by Crippen LogP contribution is -2.51. The van der Waals surface area contributed by atoms with Crippen LogP contribution >= 0.6 is 0 Å². The largest absolute Gasteiger partial charge is 0.339 e. The summed E-state index contributed by atoms with van der Waals surface area (Å²) < 4.78 is 15.5. The van der Waals surface area contributed by atoms with Crippen molar-refractivity contribution in [2.45, 2.75) is 44.6 Å². The smallest absolute Gasteiger partial charge is 0.255 e. The molecule has 6 nitrogen and oxygen atoms in total. The molecular formula is C25H30FN3O3. The molecule has 3 heterocycles. The van der Waals surface area contributed by atoms with Gasteiger partial charge in [0, 0.05) is 45.0 Å². The fourth-order valence-corrected chi connectivity index (χ4v) is 5.05. The zero-order chi connectivity index (χ0) is 22.7. The average Bonchev–Trinajstić information content (AvgIpc) is 2.82. The van der Waals surface area contributed by atoms with E-state index in [0.29, 0.717) is 30.1 Å². The molecule has 1 aromatic carbocycles. The van der Waals surface area contributed by atoms with Crippen LogP contribution in [0.5, 0.6) is 0 Å². The SMILES string of the molecule is Cn1cc(C(=O)N2CCC([C@@H]3CCCCN3C(=O)Cc3ccccc3F)CC2)ccc1=O. The molecule has 0 radical (unpaired) electrons. The van der Waals surface area contributed by atoms with E-state index in [0.717, 1.165) is 38.6 Å². The molecule has 1 aromatic heterocycles. The molecule has 2 aliphatic rings. The lowest BCUT2D eigenvalue weighted by atomic mass is 9.83. The molecule has 2 aromatic rings. The predicted molar refractivity (Wildman–Crippen MR) is 120 cm³/mol. The Hall–Kier alpha value is -2.96. The van der Waals surface area contributed by atoms with E-state index < -0.39 is 0 Å². The summed E-state index contributed by atoms with van der Waals surface area (Å²) in [6.45, 7) is 1.99. The second kappa shape index (κ2) is 9.67. The molecule has 7 heteroatoms. The van der Waals surface area contributed by atoms with Crippen molar-refractivity contribution in [2.75, 3.05) is 19.6 Å². The van der Waals surface area contributed by atoms with Crippen molar-refractivity contribution in [1.29, 1.82) is 0 Å². The van der Waals surface area contributed by atoms with E-state index in [4.69, 9.17) is 0 Å². The minimum Gasteiger partial charge on any atom is -0.339 e. The van der Waals surface area contributed by atoms with Gasteiger partial charge in [0.2, 0.25) is 11.5 Å². The first kappa shape index (κ1) is 22.2. The van der Waals surface area contributed by atoms with Gasteiger partial charge in [0.15, 0.2) is 0 Å². The van der Waals surface area contributed by atoms with Gasteiger partial charge in [0.05, 0.1) is 12.0 Å². The molecule has 2 aliphatic heterocycles. The van der Waals surface area contributed by atoms with Crippen LogP contribution in [-0.4, -0.2) is 51.9 Å². The van der Waals surface area contributed by atoms with Crippen molar-refractivity contribution in [3.63, 3.8) is 0 Å². The summed E-state index contributed by atoms with van der Waals surface area (Å²) in [5, 5.41) is 0. The number of amides is 2. The molecule has 0 unspecified atom stereocenters. The van der Waals surface area contributed by atoms with Crippen molar-refractivity contribution in [1.82, 2.24) is 14.4 Å². The highest BCUT2D eigenvalue weighted by Gasteiger charge is 2.35. The number of hydrogen-bond acceptors (Lipinski definition) is 3. The van der Waals surface area contributed by atoms with Crippen molar-refractivity contribution in [3.05, 3.63) is 69.9 Å². The number of piperidine rings is 2. The lowest BCUT2D eigenvalue weighted by molar-refractivity contribution is -0.136. The summed E-state index contributed by atoms with van der Waals surface area (Å²) in [6, 6.07) is 9.62. The summed E-state index contributed by atoms with van der Waals surface area (Å²) in [5.41, 5.74) is 0.821. The summed E-state index contributed by atoms with van der Waals surface area (Å²) >= 11 is 0. The van der Waals surface area contributed by atoms with Gasteiger partial charge >= 0.3 is 0 Å². The maximum Gasteiger partial charge on any atom is 0.255 e. The van der Waals surface area contributed by atoms with E-state index in [2.05, 4.69) is 0 Å². The Bertz CT molecular complexity index is 1040. The minimum absolute atomic E-state index is 0.0106. The van der Waals surface area contributed by atoms with Crippen LogP contribution in [0.4, 0.5) is 4.39 Å². The van der Waals surface area contributed by atoms with Crippen LogP contribution in [-0.2, 0) is 18.3 Å². The van der Waals surface area contributed by atoms with Crippen LogP contribution in [0.25, 0.3) is 0 Å². The predicted octanol–water partition coefficient (Wildman–Crippen LogP) is 3.00. The van der Waals surface area contributed by atoms with Crippen molar-refractivity contribution in [3.8, 4) is 0 Å². The highest BCUT2D eigenvalue weighted by Crippen LogP contribution is 2.31. The van der Waals surface area contributed by atoms with Gasteiger partial charge in [-0.2, -0.15) is 0 Å². The van der Waals surface area contributed by atoms with Crippen LogP contribution in [0, 0.1) is 11.7 Å². The van der Waals surface area contributed by atoms with E-state index >= 15 is 0 Å². The Morgan fingerprint density at radius 3 is 2.47 bits per heavy atom. The third-order valence-corrected chi connectivity index (χ3v) is 6.87. The fraction of sp³-hybridized carbons (Fsp3) is 0.480. The van der Waals surface area contributed by atoms with Gasteiger partial charge in [-0.05, 0) is 55.7 Å². The number of aryl methyl sites for hydroxylation is 1. The molecule has 0 N–H and O–H groups in total. The number of carbonyl (C=O) groups is 2. The van der Waals surface area contributed by atoms with Gasteiger partial charge in [0.1, 0.15) is 5.82 Å². The number of likely N-dealkylation sites (tertiary alicyclic amines) is 2. The van der Waals surface area contributed by atoms with E-state index in [1.807, 2.05) is 9.80 Å². The zero-order valence-corrected chi connectivity index (χ0v) is 18.5. The Balaban J connectivity index is 1.39. The monoisotopic (exact) mass is 439 g/mol. The summed E-state index contributed by atoms with van der Waals surface area (Å²) in [7, 11) is 1.64. The molecule has 2 saturated heterocycles. The third-order valence-electron chi connectivity index (χ3n) is 6.87. The molecule has 0 bridgehead atoms. The topological polar surface area (TPSA) is 62.6 Å². The molecule has 170 valence electrons. The standard InChI is InChI=1S/C25H30FN3O3/c1-27-17-20(9-10-23(27)30)25(32)28-14-11-18(12-15-28)22-8-4-5-13-29(22)24(31)16-19-6-2-3-7-21(19)26/h2-3,6-7,9-10,17-18,22H,4-5,8,11-16H2,1H3/t22-/m0/s1. The number of carbonyl (C=O) groups excluding carboxylic acids is 2. The zero-order valence-electron chi connectivity index (χ0n) is 18.5. The first-order valence-electron chi connectivity index (χ1n) is 11.4. The van der Waals surface area contributed by atoms with Crippen molar-refractivity contribution < 1.29 is 14.0 Å². The van der Waals surface area contributed by atoms with Gasteiger partial charge in [0.25, 0.3) is 5.91 Å². The number of hydrogen-bond donors (Lipinski definition) is 0. The Labute approximate surface area is 187 Å². The average molecular weight is 440 g/mol. The number of aromatic nitrogens is 1. The second-order valence-electron chi connectivity index (χ2n) is 8.91.